The highest BCUT2D eigenvalue weighted by molar-refractivity contribution is 6.03. The van der Waals surface area contributed by atoms with Crippen LogP contribution in [0, 0.1) is 0 Å². The molecule has 100 valence electrons. The average molecular weight is 266 g/mol. The fourth-order valence-electron chi connectivity index (χ4n) is 1.97. The molecule has 2 aromatic heterocycles. The summed E-state index contributed by atoms with van der Waals surface area (Å²) in [5.74, 6) is -0.217. The zero-order valence-corrected chi connectivity index (χ0v) is 11.0. The van der Waals surface area contributed by atoms with Crippen molar-refractivity contribution in [2.75, 3.05) is 17.7 Å². The molecule has 5 nitrogen and oxygen atoms in total. The first kappa shape index (κ1) is 12.2. The van der Waals surface area contributed by atoms with Gasteiger partial charge in [-0.2, -0.15) is 0 Å². The second-order valence-electron chi connectivity index (χ2n) is 4.38. The van der Waals surface area contributed by atoms with Crippen LogP contribution in [0.3, 0.4) is 0 Å². The molecule has 0 bridgehead atoms. The number of aromatic nitrogens is 2. The number of pyridine rings is 1. The molecule has 20 heavy (non-hydrogen) atoms. The van der Waals surface area contributed by atoms with Gasteiger partial charge in [-0.1, -0.05) is 18.2 Å². The Morgan fingerprint density at radius 2 is 1.85 bits per heavy atom. The molecule has 3 aromatic rings. The van der Waals surface area contributed by atoms with Gasteiger partial charge in [-0.25, -0.2) is 4.98 Å². The summed E-state index contributed by atoms with van der Waals surface area (Å²) in [4.78, 5) is 16.4. The molecule has 0 aliphatic rings. The highest BCUT2D eigenvalue weighted by Gasteiger charge is 2.10. The molecule has 5 heteroatoms. The molecule has 1 aromatic carbocycles. The van der Waals surface area contributed by atoms with Crippen molar-refractivity contribution in [2.45, 2.75) is 0 Å². The molecular formula is C15H14N4O. The maximum absolute atomic E-state index is 12.1. The highest BCUT2D eigenvalue weighted by atomic mass is 16.1. The number of nitrogens with zero attached hydrogens (tertiary/aromatic N) is 2. The van der Waals surface area contributed by atoms with Crippen molar-refractivity contribution in [1.29, 1.82) is 0 Å². The largest absolute Gasteiger partial charge is 0.387 e. The van der Waals surface area contributed by atoms with Crippen LogP contribution in [0.15, 0.2) is 54.9 Å². The van der Waals surface area contributed by atoms with E-state index in [0.29, 0.717) is 5.69 Å². The van der Waals surface area contributed by atoms with Gasteiger partial charge >= 0.3 is 0 Å². The second-order valence-corrected chi connectivity index (χ2v) is 4.38. The molecule has 2 heterocycles. The summed E-state index contributed by atoms with van der Waals surface area (Å²) in [5.41, 5.74) is 2.85. The van der Waals surface area contributed by atoms with Gasteiger partial charge in [0.25, 0.3) is 5.91 Å². The van der Waals surface area contributed by atoms with Gasteiger partial charge in [-0.05, 0) is 24.3 Å². The zero-order valence-electron chi connectivity index (χ0n) is 11.0. The van der Waals surface area contributed by atoms with E-state index in [4.69, 9.17) is 0 Å². The van der Waals surface area contributed by atoms with Crippen molar-refractivity contribution >= 4 is 22.9 Å². The van der Waals surface area contributed by atoms with Crippen molar-refractivity contribution in [3.05, 3.63) is 60.6 Å². The van der Waals surface area contributed by atoms with Gasteiger partial charge in [-0.15, -0.1) is 0 Å². The minimum absolute atomic E-state index is 0.217. The van der Waals surface area contributed by atoms with Crippen LogP contribution in [0.1, 0.15) is 10.5 Å². The summed E-state index contributed by atoms with van der Waals surface area (Å²) in [6, 6.07) is 13.1. The number of rotatable bonds is 3. The molecule has 0 radical (unpaired) electrons. The SMILES string of the molecule is CNc1ccc2nc(C(=O)Nc3ccccc3)cn2c1. The van der Waals surface area contributed by atoms with Gasteiger partial charge in [0.2, 0.25) is 0 Å². The highest BCUT2D eigenvalue weighted by Crippen LogP contribution is 2.13. The van der Waals surface area contributed by atoms with Crippen molar-refractivity contribution in [1.82, 2.24) is 9.38 Å². The number of carbonyl (C=O) groups excluding carboxylic acids is 1. The fourth-order valence-corrected chi connectivity index (χ4v) is 1.97. The zero-order chi connectivity index (χ0) is 13.9. The third-order valence-electron chi connectivity index (χ3n) is 3.00. The Kier molecular flexibility index (Phi) is 3.09. The fraction of sp³-hybridized carbons (Fsp3) is 0.0667. The summed E-state index contributed by atoms with van der Waals surface area (Å²) in [5, 5.41) is 5.87. The van der Waals surface area contributed by atoms with Gasteiger partial charge in [0, 0.05) is 25.1 Å². The lowest BCUT2D eigenvalue weighted by molar-refractivity contribution is 0.102. The van der Waals surface area contributed by atoms with E-state index in [1.54, 1.807) is 6.20 Å². The Balaban J connectivity index is 1.88. The number of anilines is 2. The third kappa shape index (κ3) is 2.33. The summed E-state index contributed by atoms with van der Waals surface area (Å²) in [6.07, 6.45) is 3.61. The number of amides is 1. The molecule has 0 spiro atoms. The molecule has 0 aliphatic heterocycles. The van der Waals surface area contributed by atoms with E-state index in [2.05, 4.69) is 15.6 Å². The second kappa shape index (κ2) is 5.05. The molecular weight excluding hydrogens is 252 g/mol. The van der Waals surface area contributed by atoms with Crippen LogP contribution in [-0.4, -0.2) is 22.3 Å². The number of nitrogens with one attached hydrogen (secondary N) is 2. The summed E-state index contributed by atoms with van der Waals surface area (Å²) in [7, 11) is 1.85. The number of hydrogen-bond acceptors (Lipinski definition) is 3. The van der Waals surface area contributed by atoms with Gasteiger partial charge < -0.3 is 15.0 Å². The van der Waals surface area contributed by atoms with Crippen molar-refractivity contribution in [3.63, 3.8) is 0 Å². The summed E-state index contributed by atoms with van der Waals surface area (Å²) >= 11 is 0. The maximum Gasteiger partial charge on any atom is 0.275 e. The summed E-state index contributed by atoms with van der Waals surface area (Å²) in [6.45, 7) is 0. The van der Waals surface area contributed by atoms with E-state index in [9.17, 15) is 4.79 Å². The smallest absolute Gasteiger partial charge is 0.275 e. The Morgan fingerprint density at radius 3 is 2.60 bits per heavy atom. The quantitative estimate of drug-likeness (QED) is 0.766. The molecule has 0 unspecified atom stereocenters. The topological polar surface area (TPSA) is 58.4 Å². The Bertz CT molecular complexity index is 749. The van der Waals surface area contributed by atoms with Gasteiger partial charge in [-0.3, -0.25) is 4.79 Å². The number of imidazole rings is 1. The van der Waals surface area contributed by atoms with Gasteiger partial charge in [0.1, 0.15) is 11.3 Å². The van der Waals surface area contributed by atoms with Gasteiger partial charge in [0.05, 0.1) is 5.69 Å². The normalized spacial score (nSPS) is 10.4. The van der Waals surface area contributed by atoms with Gasteiger partial charge in [0.15, 0.2) is 0 Å². The Labute approximate surface area is 116 Å². The monoisotopic (exact) mass is 266 g/mol. The molecule has 0 fully saturated rings. The first-order valence-corrected chi connectivity index (χ1v) is 6.29. The lowest BCUT2D eigenvalue weighted by atomic mass is 10.3. The van der Waals surface area contributed by atoms with Crippen LogP contribution in [0.25, 0.3) is 5.65 Å². The molecule has 0 aliphatic carbocycles. The minimum Gasteiger partial charge on any atom is -0.387 e. The van der Waals surface area contributed by atoms with E-state index in [1.165, 1.54) is 0 Å². The number of para-hydroxylation sites is 1. The van der Waals surface area contributed by atoms with Crippen LogP contribution in [0.4, 0.5) is 11.4 Å². The number of hydrogen-bond donors (Lipinski definition) is 2. The molecule has 0 atom stereocenters. The Morgan fingerprint density at radius 1 is 1.05 bits per heavy atom. The Hall–Kier alpha value is -2.82. The first-order valence-electron chi connectivity index (χ1n) is 6.29. The predicted molar refractivity (Wildman–Crippen MR) is 79.1 cm³/mol. The molecule has 3 rings (SSSR count). The lowest BCUT2D eigenvalue weighted by Gasteiger charge is -2.01. The van der Waals surface area contributed by atoms with E-state index in [0.717, 1.165) is 17.0 Å². The molecule has 2 N–H and O–H groups in total. The average Bonchev–Trinajstić information content (AvgIpc) is 2.91. The summed E-state index contributed by atoms with van der Waals surface area (Å²) < 4.78 is 1.83. The third-order valence-corrected chi connectivity index (χ3v) is 3.00. The van der Waals surface area contributed by atoms with E-state index < -0.39 is 0 Å². The van der Waals surface area contributed by atoms with E-state index in [1.807, 2.05) is 60.1 Å². The first-order chi connectivity index (χ1) is 9.76. The molecule has 0 saturated carbocycles. The number of benzene rings is 1. The van der Waals surface area contributed by atoms with Crippen LogP contribution in [0.2, 0.25) is 0 Å². The molecule has 1 amide bonds. The van der Waals surface area contributed by atoms with E-state index >= 15 is 0 Å². The van der Waals surface area contributed by atoms with Crippen molar-refractivity contribution in [3.8, 4) is 0 Å². The van der Waals surface area contributed by atoms with Crippen LogP contribution in [0.5, 0.6) is 0 Å². The lowest BCUT2D eigenvalue weighted by Crippen LogP contribution is -2.11. The molecule has 0 saturated heterocycles. The van der Waals surface area contributed by atoms with Crippen LogP contribution in [-0.2, 0) is 0 Å². The van der Waals surface area contributed by atoms with Crippen molar-refractivity contribution in [2.24, 2.45) is 0 Å². The minimum atomic E-state index is -0.217. The van der Waals surface area contributed by atoms with E-state index in [-0.39, 0.29) is 5.91 Å². The van der Waals surface area contributed by atoms with Crippen LogP contribution >= 0.6 is 0 Å². The van der Waals surface area contributed by atoms with Crippen LogP contribution < -0.4 is 10.6 Å². The number of fused-ring (bicyclic) bond motifs is 1. The van der Waals surface area contributed by atoms with Crippen molar-refractivity contribution < 1.29 is 4.79 Å². The number of carbonyl (C=O) groups is 1. The predicted octanol–water partition coefficient (Wildman–Crippen LogP) is 2.63. The standard InChI is InChI=1S/C15H14N4O/c1-16-12-7-8-14-18-13(10-19(14)9-12)15(20)17-11-5-3-2-4-6-11/h2-10,16H,1H3,(H,17,20). The maximum atomic E-state index is 12.1.